The number of carbonyl (C=O) groups excluding carboxylic acids is 1. The molecule has 2 aromatic rings. The highest BCUT2D eigenvalue weighted by atomic mass is 16.5. The van der Waals surface area contributed by atoms with Crippen molar-refractivity contribution in [1.29, 1.82) is 0 Å². The third-order valence-corrected chi connectivity index (χ3v) is 5.18. The summed E-state index contributed by atoms with van der Waals surface area (Å²) in [7, 11) is 0. The van der Waals surface area contributed by atoms with E-state index >= 15 is 0 Å². The van der Waals surface area contributed by atoms with Crippen LogP contribution in [0.25, 0.3) is 11.1 Å². The maximum Gasteiger partial charge on any atom is 0.419 e. The second kappa shape index (κ2) is 6.43. The van der Waals surface area contributed by atoms with Gasteiger partial charge >= 0.3 is 5.76 Å². The van der Waals surface area contributed by atoms with Gasteiger partial charge < -0.3 is 14.1 Å². The summed E-state index contributed by atoms with van der Waals surface area (Å²) in [6.07, 6.45) is 4.89. The van der Waals surface area contributed by atoms with Crippen molar-refractivity contribution < 1.29 is 13.9 Å². The van der Waals surface area contributed by atoms with Gasteiger partial charge in [0, 0.05) is 19.5 Å². The molecule has 0 radical (unpaired) electrons. The van der Waals surface area contributed by atoms with Gasteiger partial charge in [-0.05, 0) is 25.0 Å². The molecule has 6 nitrogen and oxygen atoms in total. The molecule has 128 valence electrons. The van der Waals surface area contributed by atoms with Crippen molar-refractivity contribution in [3.63, 3.8) is 0 Å². The number of rotatable bonds is 3. The fraction of sp³-hybridized carbons (Fsp3) is 0.556. The number of hydrogen-bond donors (Lipinski definition) is 0. The summed E-state index contributed by atoms with van der Waals surface area (Å²) in [6.45, 7) is 1.62. The maximum atomic E-state index is 12.7. The van der Waals surface area contributed by atoms with E-state index < -0.39 is 5.76 Å². The van der Waals surface area contributed by atoms with Gasteiger partial charge in [0.2, 0.25) is 5.91 Å². The van der Waals surface area contributed by atoms with Crippen LogP contribution in [0.4, 0.5) is 0 Å². The summed E-state index contributed by atoms with van der Waals surface area (Å²) in [5.74, 6) is -0.297. The fourth-order valence-electron chi connectivity index (χ4n) is 3.98. The Morgan fingerprint density at radius 2 is 2.04 bits per heavy atom. The fourth-order valence-corrected chi connectivity index (χ4v) is 3.98. The molecule has 1 amide bonds. The first-order valence-corrected chi connectivity index (χ1v) is 8.73. The molecule has 1 saturated heterocycles. The predicted molar refractivity (Wildman–Crippen MR) is 88.8 cm³/mol. The molecule has 2 fully saturated rings. The Kier molecular flexibility index (Phi) is 4.14. The molecule has 24 heavy (non-hydrogen) atoms. The average molecular weight is 330 g/mol. The normalized spacial score (nSPS) is 24.1. The first-order valence-electron chi connectivity index (χ1n) is 8.73. The quantitative estimate of drug-likeness (QED) is 0.865. The molecule has 0 spiro atoms. The summed E-state index contributed by atoms with van der Waals surface area (Å²) in [5.41, 5.74) is 1.31. The van der Waals surface area contributed by atoms with Crippen molar-refractivity contribution in [2.45, 2.75) is 50.8 Å². The summed E-state index contributed by atoms with van der Waals surface area (Å²) < 4.78 is 12.6. The zero-order valence-corrected chi connectivity index (χ0v) is 13.6. The molecule has 1 aliphatic heterocycles. The number of fused-ring (bicyclic) bond motifs is 2. The second-order valence-electron chi connectivity index (χ2n) is 6.59. The van der Waals surface area contributed by atoms with Crippen LogP contribution < -0.4 is 5.76 Å². The SMILES string of the molecule is O=C(CCn1c(=O)oc2ccccc21)N1CCO[C@H]2CCCC[C@@H]21. The lowest BCUT2D eigenvalue weighted by Gasteiger charge is -2.43. The van der Waals surface area contributed by atoms with Crippen molar-refractivity contribution in [3.8, 4) is 0 Å². The molecule has 4 rings (SSSR count). The highest BCUT2D eigenvalue weighted by Crippen LogP contribution is 2.28. The molecular weight excluding hydrogens is 308 g/mol. The molecule has 0 N–H and O–H groups in total. The number of para-hydroxylation sites is 2. The van der Waals surface area contributed by atoms with E-state index in [1.807, 2.05) is 23.1 Å². The molecule has 0 unspecified atom stereocenters. The largest absolute Gasteiger partial charge is 0.419 e. The van der Waals surface area contributed by atoms with Crippen LogP contribution in [-0.4, -0.2) is 40.7 Å². The first-order chi connectivity index (χ1) is 11.7. The van der Waals surface area contributed by atoms with Crippen LogP contribution in [0, 0.1) is 0 Å². The molecule has 2 atom stereocenters. The van der Waals surface area contributed by atoms with Crippen molar-refractivity contribution in [1.82, 2.24) is 9.47 Å². The average Bonchev–Trinajstić information content (AvgIpc) is 2.94. The summed E-state index contributed by atoms with van der Waals surface area (Å²) in [5, 5.41) is 0. The molecule has 6 heteroatoms. The van der Waals surface area contributed by atoms with E-state index in [4.69, 9.17) is 9.15 Å². The van der Waals surface area contributed by atoms with Gasteiger partial charge in [0.05, 0.1) is 24.3 Å². The minimum Gasteiger partial charge on any atom is -0.408 e. The van der Waals surface area contributed by atoms with E-state index in [2.05, 4.69) is 0 Å². The minimum atomic E-state index is -0.401. The van der Waals surface area contributed by atoms with Gasteiger partial charge in [0.15, 0.2) is 5.58 Å². The zero-order valence-electron chi connectivity index (χ0n) is 13.6. The van der Waals surface area contributed by atoms with Crippen LogP contribution in [0.15, 0.2) is 33.5 Å². The monoisotopic (exact) mass is 330 g/mol. The van der Waals surface area contributed by atoms with Crippen LogP contribution in [-0.2, 0) is 16.1 Å². The van der Waals surface area contributed by atoms with E-state index in [1.54, 1.807) is 10.6 Å². The van der Waals surface area contributed by atoms with Gasteiger partial charge in [-0.3, -0.25) is 9.36 Å². The van der Waals surface area contributed by atoms with Gasteiger partial charge in [-0.15, -0.1) is 0 Å². The molecule has 1 aromatic heterocycles. The van der Waals surface area contributed by atoms with Gasteiger partial charge in [0.1, 0.15) is 0 Å². The Hall–Kier alpha value is -2.08. The van der Waals surface area contributed by atoms with Gasteiger partial charge in [0.25, 0.3) is 0 Å². The van der Waals surface area contributed by atoms with Crippen molar-refractivity contribution in [2.24, 2.45) is 0 Å². The van der Waals surface area contributed by atoms with E-state index in [9.17, 15) is 9.59 Å². The molecule has 1 aliphatic carbocycles. The van der Waals surface area contributed by atoms with Crippen molar-refractivity contribution >= 4 is 17.0 Å². The van der Waals surface area contributed by atoms with Gasteiger partial charge in [-0.2, -0.15) is 0 Å². The van der Waals surface area contributed by atoms with Crippen LogP contribution in [0.5, 0.6) is 0 Å². The van der Waals surface area contributed by atoms with Crippen LogP contribution >= 0.6 is 0 Å². The van der Waals surface area contributed by atoms with E-state index in [1.165, 1.54) is 6.42 Å². The Morgan fingerprint density at radius 3 is 2.96 bits per heavy atom. The molecule has 1 aromatic carbocycles. The number of amides is 1. The lowest BCUT2D eigenvalue weighted by molar-refractivity contribution is -0.149. The van der Waals surface area contributed by atoms with Gasteiger partial charge in [-0.1, -0.05) is 25.0 Å². The van der Waals surface area contributed by atoms with Crippen molar-refractivity contribution in [2.75, 3.05) is 13.2 Å². The number of ether oxygens (including phenoxy) is 1. The summed E-state index contributed by atoms with van der Waals surface area (Å²) in [4.78, 5) is 26.7. The zero-order chi connectivity index (χ0) is 16.5. The molecule has 1 saturated carbocycles. The third kappa shape index (κ3) is 2.75. The van der Waals surface area contributed by atoms with E-state index in [0.29, 0.717) is 31.7 Å². The Bertz CT molecular complexity index is 792. The number of aromatic nitrogens is 1. The number of nitrogens with zero attached hydrogens (tertiary/aromatic N) is 2. The lowest BCUT2D eigenvalue weighted by Crippen LogP contribution is -2.55. The number of hydrogen-bond acceptors (Lipinski definition) is 4. The molecule has 2 heterocycles. The maximum absolute atomic E-state index is 12.7. The Morgan fingerprint density at radius 1 is 1.21 bits per heavy atom. The smallest absolute Gasteiger partial charge is 0.408 e. The van der Waals surface area contributed by atoms with Gasteiger partial charge in [-0.25, -0.2) is 4.79 Å². The van der Waals surface area contributed by atoms with E-state index in [0.717, 1.165) is 24.8 Å². The highest BCUT2D eigenvalue weighted by molar-refractivity contribution is 5.77. The summed E-state index contributed by atoms with van der Waals surface area (Å²) in [6, 6.07) is 7.51. The molecule has 0 bridgehead atoms. The Labute approximate surface area is 140 Å². The number of aryl methyl sites for hydroxylation is 1. The van der Waals surface area contributed by atoms with E-state index in [-0.39, 0.29) is 18.1 Å². The standard InChI is InChI=1S/C18H22N2O4/c21-17(19-11-12-23-15-7-3-1-5-13(15)19)9-10-20-14-6-2-4-8-16(14)24-18(20)22/h2,4,6,8,13,15H,1,3,5,7,9-12H2/t13-,15-/m0/s1. The third-order valence-electron chi connectivity index (χ3n) is 5.18. The molecular formula is C18H22N2O4. The number of oxazole rings is 1. The molecule has 2 aliphatic rings. The number of benzene rings is 1. The topological polar surface area (TPSA) is 64.7 Å². The second-order valence-corrected chi connectivity index (χ2v) is 6.59. The Balaban J connectivity index is 1.48. The first kappa shape index (κ1) is 15.4. The number of morpholine rings is 1. The highest BCUT2D eigenvalue weighted by Gasteiger charge is 2.36. The minimum absolute atomic E-state index is 0.104. The number of carbonyl (C=O) groups is 1. The van der Waals surface area contributed by atoms with Crippen LogP contribution in [0.2, 0.25) is 0 Å². The van der Waals surface area contributed by atoms with Crippen LogP contribution in [0.1, 0.15) is 32.1 Å². The van der Waals surface area contributed by atoms with Crippen LogP contribution in [0.3, 0.4) is 0 Å². The lowest BCUT2D eigenvalue weighted by atomic mass is 9.90. The summed E-state index contributed by atoms with van der Waals surface area (Å²) >= 11 is 0. The van der Waals surface area contributed by atoms with Crippen molar-refractivity contribution in [3.05, 3.63) is 34.8 Å². The predicted octanol–water partition coefficient (Wildman–Crippen LogP) is 2.15.